The number of hydrogen-bond acceptors (Lipinski definition) is 6. The first-order valence-corrected chi connectivity index (χ1v) is 11.0. The summed E-state index contributed by atoms with van der Waals surface area (Å²) >= 11 is 0. The van der Waals surface area contributed by atoms with Gasteiger partial charge in [-0.15, -0.1) is 5.10 Å². The largest absolute Gasteiger partial charge is 0.493 e. The first-order chi connectivity index (χ1) is 16.1. The maximum atomic E-state index is 5.78. The molecule has 0 amide bonds. The minimum absolute atomic E-state index is 0.154. The summed E-state index contributed by atoms with van der Waals surface area (Å²) in [6.45, 7) is 5.28. The highest BCUT2D eigenvalue weighted by Crippen LogP contribution is 2.32. The number of benzene rings is 3. The average molecular weight is 444 g/mol. The van der Waals surface area contributed by atoms with Crippen LogP contribution in [0.3, 0.4) is 0 Å². The fraction of sp³-hybridized carbons (Fsp3) is 0.269. The van der Waals surface area contributed by atoms with E-state index in [9.17, 15) is 0 Å². The van der Waals surface area contributed by atoms with Gasteiger partial charge in [-0.2, -0.15) is 4.68 Å². The summed E-state index contributed by atoms with van der Waals surface area (Å²) in [5.41, 5.74) is 4.30. The van der Waals surface area contributed by atoms with E-state index < -0.39 is 0 Å². The van der Waals surface area contributed by atoms with Crippen molar-refractivity contribution in [2.24, 2.45) is 0 Å². The number of aryl methyl sites for hydroxylation is 1. The Hall–Kier alpha value is -3.71. The van der Waals surface area contributed by atoms with Gasteiger partial charge in [0.2, 0.25) is 0 Å². The number of hydrogen-bond donors (Lipinski definition) is 0. The van der Waals surface area contributed by atoms with Crippen LogP contribution in [0.5, 0.6) is 11.5 Å². The SMILES string of the molecule is CCOc1cc(CN(C)[C@H](c2ccccc2)c2nnnn2-c2ccccc2C)ccc1OC. The lowest BCUT2D eigenvalue weighted by molar-refractivity contribution is 0.257. The van der Waals surface area contributed by atoms with Gasteiger partial charge >= 0.3 is 0 Å². The predicted molar refractivity (Wildman–Crippen MR) is 128 cm³/mol. The molecule has 0 bridgehead atoms. The number of rotatable bonds is 9. The van der Waals surface area contributed by atoms with E-state index in [0.29, 0.717) is 13.2 Å². The van der Waals surface area contributed by atoms with Crippen molar-refractivity contribution in [3.05, 3.63) is 95.3 Å². The molecule has 3 aromatic carbocycles. The summed E-state index contributed by atoms with van der Waals surface area (Å²) in [4.78, 5) is 2.24. The van der Waals surface area contributed by atoms with Crippen molar-refractivity contribution in [1.29, 1.82) is 0 Å². The summed E-state index contributed by atoms with van der Waals surface area (Å²) < 4.78 is 13.1. The van der Waals surface area contributed by atoms with Crippen LogP contribution in [-0.2, 0) is 6.54 Å². The third-order valence-electron chi connectivity index (χ3n) is 5.60. The van der Waals surface area contributed by atoms with Crippen LogP contribution in [0.15, 0.2) is 72.8 Å². The van der Waals surface area contributed by atoms with Crippen molar-refractivity contribution in [1.82, 2.24) is 25.1 Å². The van der Waals surface area contributed by atoms with Gasteiger partial charge < -0.3 is 9.47 Å². The van der Waals surface area contributed by atoms with Crippen molar-refractivity contribution in [3.63, 3.8) is 0 Å². The van der Waals surface area contributed by atoms with Crippen molar-refractivity contribution >= 4 is 0 Å². The smallest absolute Gasteiger partial charge is 0.178 e. The summed E-state index contributed by atoms with van der Waals surface area (Å²) in [5, 5.41) is 12.8. The van der Waals surface area contributed by atoms with Gasteiger partial charge in [0, 0.05) is 6.54 Å². The van der Waals surface area contributed by atoms with Crippen LogP contribution in [0.2, 0.25) is 0 Å². The van der Waals surface area contributed by atoms with Crippen LogP contribution in [0, 0.1) is 6.92 Å². The Morgan fingerprint density at radius 2 is 1.73 bits per heavy atom. The molecule has 1 aromatic heterocycles. The van der Waals surface area contributed by atoms with Crippen molar-refractivity contribution < 1.29 is 9.47 Å². The Balaban J connectivity index is 1.73. The van der Waals surface area contributed by atoms with E-state index in [1.54, 1.807) is 7.11 Å². The first-order valence-electron chi connectivity index (χ1n) is 11.0. The van der Waals surface area contributed by atoms with E-state index in [2.05, 4.69) is 58.7 Å². The normalized spacial score (nSPS) is 12.0. The number of tetrazole rings is 1. The Bertz CT molecular complexity index is 1190. The third-order valence-corrected chi connectivity index (χ3v) is 5.60. The van der Waals surface area contributed by atoms with E-state index in [-0.39, 0.29) is 6.04 Å². The molecule has 0 aliphatic carbocycles. The van der Waals surface area contributed by atoms with Crippen molar-refractivity contribution in [3.8, 4) is 17.2 Å². The summed E-state index contributed by atoms with van der Waals surface area (Å²) in [5.74, 6) is 2.23. The highest BCUT2D eigenvalue weighted by Gasteiger charge is 2.27. The van der Waals surface area contributed by atoms with Gasteiger partial charge in [-0.3, -0.25) is 4.90 Å². The zero-order valence-electron chi connectivity index (χ0n) is 19.5. The van der Waals surface area contributed by atoms with Gasteiger partial charge in [0.25, 0.3) is 0 Å². The lowest BCUT2D eigenvalue weighted by Crippen LogP contribution is -2.28. The minimum Gasteiger partial charge on any atom is -0.493 e. The van der Waals surface area contributed by atoms with E-state index in [1.807, 2.05) is 60.1 Å². The molecule has 170 valence electrons. The lowest BCUT2D eigenvalue weighted by Gasteiger charge is -2.28. The topological polar surface area (TPSA) is 65.3 Å². The summed E-state index contributed by atoms with van der Waals surface area (Å²) in [6.07, 6.45) is 0. The molecule has 0 aliphatic rings. The van der Waals surface area contributed by atoms with Crippen molar-refractivity contribution in [2.45, 2.75) is 26.4 Å². The monoisotopic (exact) mass is 443 g/mol. The molecule has 0 radical (unpaired) electrons. The van der Waals surface area contributed by atoms with Gasteiger partial charge in [0.05, 0.1) is 25.4 Å². The molecule has 4 rings (SSSR count). The molecular formula is C26H29N5O2. The van der Waals surface area contributed by atoms with Gasteiger partial charge in [0.1, 0.15) is 0 Å². The molecule has 0 fully saturated rings. The average Bonchev–Trinajstić information content (AvgIpc) is 3.30. The number of nitrogens with zero attached hydrogens (tertiary/aromatic N) is 5. The number of aromatic nitrogens is 4. The fourth-order valence-electron chi connectivity index (χ4n) is 4.04. The molecule has 7 heteroatoms. The number of methoxy groups -OCH3 is 1. The van der Waals surface area contributed by atoms with Crippen LogP contribution >= 0.6 is 0 Å². The van der Waals surface area contributed by atoms with Crippen LogP contribution in [0.25, 0.3) is 5.69 Å². The van der Waals surface area contributed by atoms with E-state index in [0.717, 1.165) is 39.7 Å². The second kappa shape index (κ2) is 10.3. The van der Waals surface area contributed by atoms with Crippen LogP contribution in [0.4, 0.5) is 0 Å². The highest BCUT2D eigenvalue weighted by atomic mass is 16.5. The lowest BCUT2D eigenvalue weighted by atomic mass is 10.0. The number of para-hydroxylation sites is 1. The third kappa shape index (κ3) is 4.88. The molecule has 0 N–H and O–H groups in total. The van der Waals surface area contributed by atoms with E-state index in [4.69, 9.17) is 9.47 Å². The van der Waals surface area contributed by atoms with Gasteiger partial charge in [-0.05, 0) is 66.2 Å². The van der Waals surface area contributed by atoms with Crippen molar-refractivity contribution in [2.75, 3.05) is 20.8 Å². The predicted octanol–water partition coefficient (Wildman–Crippen LogP) is 4.60. The van der Waals surface area contributed by atoms with E-state index >= 15 is 0 Å². The maximum Gasteiger partial charge on any atom is 0.178 e. The first kappa shape index (κ1) is 22.5. The number of ether oxygens (including phenoxy) is 2. The molecule has 7 nitrogen and oxygen atoms in total. The van der Waals surface area contributed by atoms with Crippen LogP contribution in [-0.4, -0.2) is 45.9 Å². The molecule has 0 aliphatic heterocycles. The Morgan fingerprint density at radius 1 is 0.970 bits per heavy atom. The minimum atomic E-state index is -0.154. The Kier molecular flexibility index (Phi) is 7.00. The Morgan fingerprint density at radius 3 is 2.45 bits per heavy atom. The molecule has 33 heavy (non-hydrogen) atoms. The van der Waals surface area contributed by atoms with Crippen LogP contribution in [0.1, 0.15) is 35.5 Å². The van der Waals surface area contributed by atoms with Gasteiger partial charge in [-0.25, -0.2) is 0 Å². The zero-order valence-corrected chi connectivity index (χ0v) is 19.5. The quantitative estimate of drug-likeness (QED) is 0.377. The maximum absolute atomic E-state index is 5.78. The Labute approximate surface area is 194 Å². The van der Waals surface area contributed by atoms with E-state index in [1.165, 1.54) is 0 Å². The molecular weight excluding hydrogens is 414 g/mol. The molecule has 1 atom stereocenters. The second-order valence-electron chi connectivity index (χ2n) is 7.88. The van der Waals surface area contributed by atoms with Gasteiger partial charge in [-0.1, -0.05) is 54.6 Å². The summed E-state index contributed by atoms with van der Waals surface area (Å²) in [6, 6.07) is 24.3. The second-order valence-corrected chi connectivity index (χ2v) is 7.88. The molecule has 0 saturated carbocycles. The molecule has 1 heterocycles. The fourth-order valence-corrected chi connectivity index (χ4v) is 4.04. The zero-order chi connectivity index (χ0) is 23.2. The summed E-state index contributed by atoms with van der Waals surface area (Å²) in [7, 11) is 3.74. The molecule has 0 unspecified atom stereocenters. The standard InChI is InChI=1S/C26H29N5O2/c1-5-33-24-17-20(15-16-23(24)32-4)18-30(3)25(21-12-7-6-8-13-21)26-27-28-29-31(26)22-14-10-9-11-19(22)2/h6-17,25H,5,18H2,1-4H3/t25-/m1/s1. The molecule has 0 saturated heterocycles. The highest BCUT2D eigenvalue weighted by molar-refractivity contribution is 5.43. The molecule has 4 aromatic rings. The molecule has 0 spiro atoms. The van der Waals surface area contributed by atoms with Gasteiger partial charge in [0.15, 0.2) is 17.3 Å². The van der Waals surface area contributed by atoms with Crippen LogP contribution < -0.4 is 9.47 Å².